The Kier molecular flexibility index (Phi) is 6.45. The van der Waals surface area contributed by atoms with E-state index in [0.717, 1.165) is 17.4 Å². The van der Waals surface area contributed by atoms with Gasteiger partial charge >= 0.3 is 5.97 Å². The number of hydrogen-bond donors (Lipinski definition) is 2. The van der Waals surface area contributed by atoms with Gasteiger partial charge in [0.2, 0.25) is 0 Å². The summed E-state index contributed by atoms with van der Waals surface area (Å²) in [7, 11) is 0. The zero-order valence-electron chi connectivity index (χ0n) is 12.3. The molecule has 0 saturated carbocycles. The molecule has 0 aliphatic rings. The van der Waals surface area contributed by atoms with Gasteiger partial charge in [-0.2, -0.15) is 0 Å². The molecular weight excluding hydrogens is 274 g/mol. The van der Waals surface area contributed by atoms with Gasteiger partial charge in [0.25, 0.3) is 11.5 Å². The van der Waals surface area contributed by atoms with E-state index in [9.17, 15) is 14.4 Å². The first-order valence-corrected chi connectivity index (χ1v) is 6.87. The van der Waals surface area contributed by atoms with Crippen molar-refractivity contribution in [3.05, 3.63) is 28.7 Å². The molecule has 21 heavy (non-hydrogen) atoms. The minimum atomic E-state index is -0.664. The number of carbonyl (C=O) groups is 2. The van der Waals surface area contributed by atoms with E-state index >= 15 is 0 Å². The van der Waals surface area contributed by atoms with Gasteiger partial charge in [0, 0.05) is 24.0 Å². The van der Waals surface area contributed by atoms with Crippen LogP contribution in [0.4, 0.5) is 5.69 Å². The molecule has 1 amide bonds. The second kappa shape index (κ2) is 8.08. The highest BCUT2D eigenvalue weighted by Gasteiger charge is 2.12. The molecule has 0 aromatic carbocycles. The van der Waals surface area contributed by atoms with Crippen molar-refractivity contribution >= 4 is 17.6 Å². The Bertz CT molecular complexity index is 549. The van der Waals surface area contributed by atoms with Crippen LogP contribution in [0.3, 0.4) is 0 Å². The minimum absolute atomic E-state index is 0.0766. The van der Waals surface area contributed by atoms with Crippen molar-refractivity contribution in [1.82, 2.24) is 9.88 Å². The standard InChI is InChI=1S/C14H21N3O4/c1-3-11(4-2)16-12(18)9-21-14(20)8-17-7-10(15)5-6-13(17)19/h5-7,11H,3-4,8-9,15H2,1-2H3,(H,16,18). The molecular formula is C14H21N3O4. The van der Waals surface area contributed by atoms with Crippen LogP contribution in [0.2, 0.25) is 0 Å². The summed E-state index contributed by atoms with van der Waals surface area (Å²) in [5, 5.41) is 2.75. The first-order chi connectivity index (χ1) is 9.96. The molecule has 0 aliphatic carbocycles. The number of nitrogens with one attached hydrogen (secondary N) is 1. The zero-order chi connectivity index (χ0) is 15.8. The first kappa shape index (κ1) is 16.7. The van der Waals surface area contributed by atoms with Crippen molar-refractivity contribution in [2.45, 2.75) is 39.3 Å². The van der Waals surface area contributed by atoms with E-state index in [4.69, 9.17) is 10.5 Å². The van der Waals surface area contributed by atoms with E-state index in [1.165, 1.54) is 18.3 Å². The molecule has 1 rings (SSSR count). The molecule has 7 heteroatoms. The second-order valence-electron chi connectivity index (χ2n) is 4.67. The molecule has 3 N–H and O–H groups in total. The lowest BCUT2D eigenvalue weighted by molar-refractivity contribution is -0.149. The summed E-state index contributed by atoms with van der Waals surface area (Å²) in [4.78, 5) is 34.7. The summed E-state index contributed by atoms with van der Waals surface area (Å²) in [6.07, 6.45) is 2.98. The molecule has 0 spiro atoms. The molecule has 0 atom stereocenters. The van der Waals surface area contributed by atoms with Gasteiger partial charge < -0.3 is 20.4 Å². The van der Waals surface area contributed by atoms with Gasteiger partial charge in [-0.05, 0) is 18.9 Å². The number of pyridine rings is 1. The fourth-order valence-corrected chi connectivity index (χ4v) is 1.77. The highest BCUT2D eigenvalue weighted by Crippen LogP contribution is 1.97. The Hall–Kier alpha value is -2.31. The summed E-state index contributed by atoms with van der Waals surface area (Å²) in [5.41, 5.74) is 5.55. The summed E-state index contributed by atoms with van der Waals surface area (Å²) in [6, 6.07) is 2.79. The van der Waals surface area contributed by atoms with Gasteiger partial charge in [-0.1, -0.05) is 13.8 Å². The molecule has 1 aromatic rings. The number of esters is 1. The molecule has 0 bridgehead atoms. The molecule has 116 valence electrons. The lowest BCUT2D eigenvalue weighted by Gasteiger charge is -2.14. The predicted octanol–water partition coefficient (Wildman–Crippen LogP) is 0.279. The molecule has 0 saturated heterocycles. The van der Waals surface area contributed by atoms with Gasteiger partial charge in [0.15, 0.2) is 6.61 Å². The minimum Gasteiger partial charge on any atom is -0.454 e. The van der Waals surface area contributed by atoms with Crippen LogP contribution in [0, 0.1) is 0 Å². The van der Waals surface area contributed by atoms with E-state index in [0.29, 0.717) is 5.69 Å². The van der Waals surface area contributed by atoms with Crippen molar-refractivity contribution in [2.24, 2.45) is 0 Å². The van der Waals surface area contributed by atoms with Gasteiger partial charge in [-0.25, -0.2) is 0 Å². The maximum absolute atomic E-state index is 11.6. The maximum atomic E-state index is 11.6. The number of nitrogens with two attached hydrogens (primary N) is 1. The monoisotopic (exact) mass is 295 g/mol. The van der Waals surface area contributed by atoms with Gasteiger partial charge in [0.1, 0.15) is 6.54 Å². The molecule has 7 nitrogen and oxygen atoms in total. The van der Waals surface area contributed by atoms with E-state index in [2.05, 4.69) is 5.32 Å². The Labute approximate surface area is 123 Å². The van der Waals surface area contributed by atoms with Crippen LogP contribution in [-0.4, -0.2) is 29.1 Å². The van der Waals surface area contributed by atoms with E-state index in [-0.39, 0.29) is 30.7 Å². The number of hydrogen-bond acceptors (Lipinski definition) is 5. The van der Waals surface area contributed by atoms with Crippen molar-refractivity contribution in [1.29, 1.82) is 0 Å². The first-order valence-electron chi connectivity index (χ1n) is 6.87. The molecule has 0 unspecified atom stereocenters. The van der Waals surface area contributed by atoms with Crippen molar-refractivity contribution < 1.29 is 14.3 Å². The summed E-state index contributed by atoms with van der Waals surface area (Å²) >= 11 is 0. The summed E-state index contributed by atoms with van der Waals surface area (Å²) < 4.78 is 5.98. The number of nitrogens with zero attached hydrogens (tertiary/aromatic N) is 1. The van der Waals surface area contributed by atoms with E-state index in [1.54, 1.807) is 0 Å². The second-order valence-corrected chi connectivity index (χ2v) is 4.67. The zero-order valence-corrected chi connectivity index (χ0v) is 12.3. The Morgan fingerprint density at radius 1 is 1.33 bits per heavy atom. The molecule has 0 fully saturated rings. The topological polar surface area (TPSA) is 103 Å². The average molecular weight is 295 g/mol. The van der Waals surface area contributed by atoms with E-state index in [1.807, 2.05) is 13.8 Å². The number of nitrogen functional groups attached to an aromatic ring is 1. The van der Waals surface area contributed by atoms with Crippen LogP contribution in [-0.2, 0) is 20.9 Å². The average Bonchev–Trinajstić information content (AvgIpc) is 2.46. The quantitative estimate of drug-likeness (QED) is 0.703. The molecule has 0 radical (unpaired) electrons. The molecule has 1 aromatic heterocycles. The Balaban J connectivity index is 2.46. The fraction of sp³-hybridized carbons (Fsp3) is 0.500. The Morgan fingerprint density at radius 3 is 2.62 bits per heavy atom. The lowest BCUT2D eigenvalue weighted by Crippen LogP contribution is -2.37. The lowest BCUT2D eigenvalue weighted by atomic mass is 10.2. The van der Waals surface area contributed by atoms with Crippen molar-refractivity contribution in [3.8, 4) is 0 Å². The number of aromatic nitrogens is 1. The van der Waals surface area contributed by atoms with Crippen molar-refractivity contribution in [3.63, 3.8) is 0 Å². The van der Waals surface area contributed by atoms with Crippen LogP contribution < -0.4 is 16.6 Å². The van der Waals surface area contributed by atoms with Gasteiger partial charge in [-0.15, -0.1) is 0 Å². The van der Waals surface area contributed by atoms with Crippen LogP contribution in [0.15, 0.2) is 23.1 Å². The summed E-state index contributed by atoms with van der Waals surface area (Å²) in [6.45, 7) is 3.30. The van der Waals surface area contributed by atoms with Crippen LogP contribution in [0.5, 0.6) is 0 Å². The van der Waals surface area contributed by atoms with Crippen molar-refractivity contribution in [2.75, 3.05) is 12.3 Å². The molecule has 1 heterocycles. The summed E-state index contributed by atoms with van der Waals surface area (Å²) in [5.74, 6) is -1.01. The molecule has 0 aliphatic heterocycles. The number of anilines is 1. The predicted molar refractivity (Wildman–Crippen MR) is 78.6 cm³/mol. The third-order valence-electron chi connectivity index (χ3n) is 3.02. The highest BCUT2D eigenvalue weighted by molar-refractivity contribution is 5.80. The van der Waals surface area contributed by atoms with Gasteiger partial charge in [0.05, 0.1) is 0 Å². The van der Waals surface area contributed by atoms with Crippen LogP contribution >= 0.6 is 0 Å². The smallest absolute Gasteiger partial charge is 0.326 e. The van der Waals surface area contributed by atoms with Crippen LogP contribution in [0.1, 0.15) is 26.7 Å². The third kappa shape index (κ3) is 5.68. The van der Waals surface area contributed by atoms with E-state index < -0.39 is 5.97 Å². The fourth-order valence-electron chi connectivity index (χ4n) is 1.77. The number of rotatable bonds is 7. The SMILES string of the molecule is CCC(CC)NC(=O)COC(=O)Cn1cc(N)ccc1=O. The normalized spacial score (nSPS) is 10.4. The van der Waals surface area contributed by atoms with Crippen LogP contribution in [0.25, 0.3) is 0 Å². The maximum Gasteiger partial charge on any atom is 0.326 e. The highest BCUT2D eigenvalue weighted by atomic mass is 16.5. The van der Waals surface area contributed by atoms with Gasteiger partial charge in [-0.3, -0.25) is 14.4 Å². The number of carbonyl (C=O) groups excluding carboxylic acids is 2. The number of ether oxygens (including phenoxy) is 1. The largest absolute Gasteiger partial charge is 0.454 e. The third-order valence-corrected chi connectivity index (χ3v) is 3.02. The Morgan fingerprint density at radius 2 is 2.00 bits per heavy atom. The number of amides is 1.